The Morgan fingerprint density at radius 3 is 2.49 bits per heavy atom. The van der Waals surface area contributed by atoms with Crippen molar-refractivity contribution in [2.45, 2.75) is 32.3 Å². The number of aryl methyl sites for hydroxylation is 3. The molecule has 0 radical (unpaired) electrons. The molecule has 0 fully saturated rings. The first-order valence-corrected chi connectivity index (χ1v) is 12.3. The summed E-state index contributed by atoms with van der Waals surface area (Å²) in [4.78, 5) is 33.2. The van der Waals surface area contributed by atoms with E-state index in [9.17, 15) is 9.59 Å². The number of thioether (sulfide) groups is 1. The zero-order chi connectivity index (χ0) is 24.9. The van der Waals surface area contributed by atoms with Gasteiger partial charge in [0.15, 0.2) is 5.16 Å². The quantitative estimate of drug-likeness (QED) is 0.262. The van der Waals surface area contributed by atoms with Gasteiger partial charge in [-0.3, -0.25) is 14.2 Å². The molecular weight excluding hydrogens is 456 g/mol. The Morgan fingerprint density at radius 1 is 1.00 bits per heavy atom. The number of carbonyl (C=O) groups is 1. The van der Waals surface area contributed by atoms with E-state index in [-0.39, 0.29) is 23.6 Å². The summed E-state index contributed by atoms with van der Waals surface area (Å²) < 4.78 is 1.59. The van der Waals surface area contributed by atoms with Gasteiger partial charge in [0.25, 0.3) is 5.56 Å². The first kappa shape index (κ1) is 24.2. The van der Waals surface area contributed by atoms with Crippen molar-refractivity contribution in [3.8, 4) is 11.8 Å². The minimum atomic E-state index is -0.171. The molecule has 0 bridgehead atoms. The van der Waals surface area contributed by atoms with Crippen molar-refractivity contribution in [3.05, 3.63) is 93.8 Å². The molecule has 7 heteroatoms. The largest absolute Gasteiger partial charge is 0.311 e. The van der Waals surface area contributed by atoms with Crippen molar-refractivity contribution in [3.63, 3.8) is 0 Å². The number of rotatable bonds is 7. The Bertz CT molecular complexity index is 1500. The molecule has 35 heavy (non-hydrogen) atoms. The normalized spacial score (nSPS) is 10.8. The van der Waals surface area contributed by atoms with Crippen molar-refractivity contribution >= 4 is 34.3 Å². The molecule has 0 atom stereocenters. The van der Waals surface area contributed by atoms with Gasteiger partial charge in [-0.1, -0.05) is 48.2 Å². The third-order valence-electron chi connectivity index (χ3n) is 5.98. The molecular formula is C28H26N4O2S. The second-order valence-corrected chi connectivity index (χ2v) is 9.29. The van der Waals surface area contributed by atoms with Crippen molar-refractivity contribution in [1.29, 1.82) is 5.26 Å². The van der Waals surface area contributed by atoms with Crippen molar-refractivity contribution in [1.82, 2.24) is 9.55 Å². The van der Waals surface area contributed by atoms with Gasteiger partial charge < -0.3 is 4.90 Å². The number of hydrogen-bond acceptors (Lipinski definition) is 5. The standard InChI is InChI=1S/C28H26N4O2S/c1-19-13-14-22(17-21(19)3)31(16-8-15-29)26(33)18-35-28-30-24-11-6-5-10-23(24)27(34)32(28)25-12-7-4-9-20(25)2/h4-7,9-14,17H,8,16,18H2,1-3H3. The highest BCUT2D eigenvalue weighted by Crippen LogP contribution is 2.25. The van der Waals surface area contributed by atoms with E-state index >= 15 is 0 Å². The number of carbonyl (C=O) groups excluding carboxylic acids is 1. The molecule has 4 aromatic rings. The van der Waals surface area contributed by atoms with E-state index < -0.39 is 0 Å². The summed E-state index contributed by atoms with van der Waals surface area (Å²) in [5, 5.41) is 10.1. The molecule has 0 saturated heterocycles. The lowest BCUT2D eigenvalue weighted by Gasteiger charge is -2.23. The molecule has 0 unspecified atom stereocenters. The fraction of sp³-hybridized carbons (Fsp3) is 0.214. The van der Waals surface area contributed by atoms with E-state index in [0.717, 1.165) is 28.1 Å². The maximum Gasteiger partial charge on any atom is 0.266 e. The summed E-state index contributed by atoms with van der Waals surface area (Å²) in [6.07, 6.45) is 0.228. The SMILES string of the molecule is Cc1ccc(N(CCC#N)C(=O)CSc2nc3ccccc3c(=O)n2-c2ccccc2C)cc1C. The highest BCUT2D eigenvalue weighted by Gasteiger charge is 2.20. The van der Waals surface area contributed by atoms with Gasteiger partial charge in [0, 0.05) is 12.2 Å². The molecule has 1 heterocycles. The van der Waals surface area contributed by atoms with Gasteiger partial charge in [-0.25, -0.2) is 4.98 Å². The highest BCUT2D eigenvalue weighted by atomic mass is 32.2. The van der Waals surface area contributed by atoms with Gasteiger partial charge in [0.1, 0.15) is 0 Å². The Labute approximate surface area is 208 Å². The van der Waals surface area contributed by atoms with E-state index in [0.29, 0.717) is 22.6 Å². The number of nitriles is 1. The summed E-state index contributed by atoms with van der Waals surface area (Å²) in [7, 11) is 0. The predicted molar refractivity (Wildman–Crippen MR) is 141 cm³/mol. The van der Waals surface area contributed by atoms with E-state index in [1.165, 1.54) is 11.8 Å². The number of anilines is 1. The smallest absolute Gasteiger partial charge is 0.266 e. The van der Waals surface area contributed by atoms with Crippen LogP contribution in [0.5, 0.6) is 0 Å². The lowest BCUT2D eigenvalue weighted by molar-refractivity contribution is -0.116. The maximum atomic E-state index is 13.5. The van der Waals surface area contributed by atoms with Crippen LogP contribution >= 0.6 is 11.8 Å². The lowest BCUT2D eigenvalue weighted by atomic mass is 10.1. The summed E-state index contributed by atoms with van der Waals surface area (Å²) >= 11 is 1.23. The predicted octanol–water partition coefficient (Wildman–Crippen LogP) is 5.35. The monoisotopic (exact) mass is 482 g/mol. The van der Waals surface area contributed by atoms with Crippen LogP contribution in [0.2, 0.25) is 0 Å². The number of nitrogens with zero attached hydrogens (tertiary/aromatic N) is 4. The summed E-state index contributed by atoms with van der Waals surface area (Å²) in [5.74, 6) is -0.0677. The summed E-state index contributed by atoms with van der Waals surface area (Å²) in [5.41, 5.74) is 5.07. The molecule has 0 aliphatic heterocycles. The van der Waals surface area contributed by atoms with Crippen LogP contribution in [0.4, 0.5) is 5.69 Å². The first-order valence-electron chi connectivity index (χ1n) is 11.4. The average Bonchev–Trinajstić information content (AvgIpc) is 2.86. The molecule has 0 spiro atoms. The molecule has 6 nitrogen and oxygen atoms in total. The van der Waals surface area contributed by atoms with Crippen LogP contribution < -0.4 is 10.5 Å². The molecule has 176 valence electrons. The second-order valence-electron chi connectivity index (χ2n) is 8.35. The zero-order valence-corrected chi connectivity index (χ0v) is 20.8. The molecule has 1 amide bonds. The van der Waals surface area contributed by atoms with Gasteiger partial charge in [-0.2, -0.15) is 5.26 Å². The number of para-hydroxylation sites is 2. The van der Waals surface area contributed by atoms with Crippen LogP contribution in [0, 0.1) is 32.1 Å². The van der Waals surface area contributed by atoms with Gasteiger partial charge in [-0.15, -0.1) is 0 Å². The number of hydrogen-bond donors (Lipinski definition) is 0. The molecule has 0 N–H and O–H groups in total. The third-order valence-corrected chi connectivity index (χ3v) is 6.90. The third kappa shape index (κ3) is 5.13. The van der Waals surface area contributed by atoms with Crippen molar-refractivity contribution < 1.29 is 4.79 Å². The fourth-order valence-corrected chi connectivity index (χ4v) is 4.77. The topological polar surface area (TPSA) is 79.0 Å². The maximum absolute atomic E-state index is 13.5. The van der Waals surface area contributed by atoms with Gasteiger partial charge in [0.05, 0.1) is 34.8 Å². The van der Waals surface area contributed by atoms with Gasteiger partial charge in [-0.05, 0) is 67.8 Å². The molecule has 0 aliphatic carbocycles. The van der Waals surface area contributed by atoms with E-state index in [4.69, 9.17) is 10.2 Å². The molecule has 1 aromatic heterocycles. The van der Waals surface area contributed by atoms with Crippen LogP contribution in [0.1, 0.15) is 23.1 Å². The molecule has 0 saturated carbocycles. The number of aromatic nitrogens is 2. The minimum Gasteiger partial charge on any atom is -0.311 e. The van der Waals surface area contributed by atoms with Crippen LogP contribution in [-0.2, 0) is 4.79 Å². The first-order chi connectivity index (χ1) is 16.9. The molecule has 3 aromatic carbocycles. The van der Waals surface area contributed by atoms with Gasteiger partial charge >= 0.3 is 0 Å². The van der Waals surface area contributed by atoms with Crippen LogP contribution in [0.3, 0.4) is 0 Å². The van der Waals surface area contributed by atoms with Gasteiger partial charge in [0.2, 0.25) is 5.91 Å². The van der Waals surface area contributed by atoms with Crippen molar-refractivity contribution in [2.24, 2.45) is 0 Å². The fourth-order valence-electron chi connectivity index (χ4n) is 3.89. The zero-order valence-electron chi connectivity index (χ0n) is 20.0. The van der Waals surface area contributed by atoms with Crippen LogP contribution in [0.25, 0.3) is 16.6 Å². The number of benzene rings is 3. The Balaban J connectivity index is 1.72. The Hall–Kier alpha value is -3.89. The summed E-state index contributed by atoms with van der Waals surface area (Å²) in [6, 6.07) is 22.8. The van der Waals surface area contributed by atoms with Crippen molar-refractivity contribution in [2.75, 3.05) is 17.2 Å². The lowest BCUT2D eigenvalue weighted by Crippen LogP contribution is -2.33. The minimum absolute atomic E-state index is 0.0784. The van der Waals surface area contributed by atoms with E-state index in [1.807, 2.05) is 75.4 Å². The average molecular weight is 483 g/mol. The molecule has 4 rings (SSSR count). The van der Waals surface area contributed by atoms with Crippen LogP contribution in [-0.4, -0.2) is 27.8 Å². The van der Waals surface area contributed by atoms with E-state index in [2.05, 4.69) is 6.07 Å². The number of fused-ring (bicyclic) bond motifs is 1. The highest BCUT2D eigenvalue weighted by molar-refractivity contribution is 7.99. The Morgan fingerprint density at radius 2 is 1.74 bits per heavy atom. The second kappa shape index (κ2) is 10.6. The molecule has 0 aliphatic rings. The summed E-state index contributed by atoms with van der Waals surface area (Å²) in [6.45, 7) is 6.26. The number of amides is 1. The Kier molecular flexibility index (Phi) is 7.33. The van der Waals surface area contributed by atoms with Crippen LogP contribution in [0.15, 0.2) is 76.7 Å². The van der Waals surface area contributed by atoms with E-state index in [1.54, 1.807) is 21.6 Å².